The lowest BCUT2D eigenvalue weighted by Gasteiger charge is -2.31. The molecule has 0 aliphatic carbocycles. The second-order valence-electron chi connectivity index (χ2n) is 6.75. The highest BCUT2D eigenvalue weighted by Crippen LogP contribution is 2.31. The Kier molecular flexibility index (Phi) is 5.98. The van der Waals surface area contributed by atoms with Crippen LogP contribution >= 0.6 is 0 Å². The lowest BCUT2D eigenvalue weighted by Crippen LogP contribution is -2.45. The van der Waals surface area contributed by atoms with Gasteiger partial charge < -0.3 is 24.2 Å². The van der Waals surface area contributed by atoms with Gasteiger partial charge in [-0.2, -0.15) is 0 Å². The Bertz CT molecular complexity index is 655. The van der Waals surface area contributed by atoms with Gasteiger partial charge in [0.25, 0.3) is 0 Å². The smallest absolute Gasteiger partial charge is 0.305 e. The largest absolute Gasteiger partial charge is 0.497 e. The average molecular weight is 363 g/mol. The Morgan fingerprint density at radius 2 is 2.23 bits per heavy atom. The maximum absolute atomic E-state index is 13.0. The number of rotatable bonds is 7. The summed E-state index contributed by atoms with van der Waals surface area (Å²) >= 11 is 0. The molecule has 2 aliphatic heterocycles. The van der Waals surface area contributed by atoms with Gasteiger partial charge in [0, 0.05) is 25.8 Å². The zero-order valence-corrected chi connectivity index (χ0v) is 15.0. The van der Waals surface area contributed by atoms with Crippen molar-refractivity contribution in [1.82, 2.24) is 4.90 Å². The number of carbonyl (C=O) groups is 2. The lowest BCUT2D eigenvalue weighted by atomic mass is 9.95. The van der Waals surface area contributed by atoms with Crippen molar-refractivity contribution >= 4 is 11.9 Å². The van der Waals surface area contributed by atoms with Crippen molar-refractivity contribution in [3.8, 4) is 11.5 Å². The van der Waals surface area contributed by atoms with Crippen molar-refractivity contribution in [2.75, 3.05) is 33.4 Å². The van der Waals surface area contributed by atoms with Crippen LogP contribution in [0.5, 0.6) is 11.5 Å². The van der Waals surface area contributed by atoms with Gasteiger partial charge in [0.1, 0.15) is 18.1 Å². The highest BCUT2D eigenvalue weighted by molar-refractivity contribution is 5.80. The topological polar surface area (TPSA) is 85.3 Å². The molecule has 7 heteroatoms. The minimum atomic E-state index is -0.910. The van der Waals surface area contributed by atoms with Gasteiger partial charge in [0.2, 0.25) is 5.91 Å². The molecular formula is C19H25NO6. The van der Waals surface area contributed by atoms with Crippen LogP contribution in [0.3, 0.4) is 0 Å². The summed E-state index contributed by atoms with van der Waals surface area (Å²) in [6, 6.07) is 5.59. The third-order valence-electron chi connectivity index (χ3n) is 4.89. The minimum absolute atomic E-state index is 0.00574. The van der Waals surface area contributed by atoms with Crippen LogP contribution in [0.2, 0.25) is 0 Å². The molecule has 7 nitrogen and oxygen atoms in total. The van der Waals surface area contributed by atoms with Gasteiger partial charge in [-0.15, -0.1) is 0 Å². The van der Waals surface area contributed by atoms with Gasteiger partial charge >= 0.3 is 5.97 Å². The molecule has 0 radical (unpaired) electrons. The van der Waals surface area contributed by atoms with E-state index >= 15 is 0 Å². The SMILES string of the molecule is COc1ccc2c(c1)OC[C@H](C(=O)N(CCC(=O)O)C[C@H]1CCCO1)C2. The molecule has 1 fully saturated rings. The predicted octanol–water partition coefficient (Wildman–Crippen LogP) is 1.73. The highest BCUT2D eigenvalue weighted by atomic mass is 16.5. The van der Waals surface area contributed by atoms with Crippen molar-refractivity contribution in [2.45, 2.75) is 31.8 Å². The van der Waals surface area contributed by atoms with E-state index in [0.717, 1.165) is 29.9 Å². The Balaban J connectivity index is 1.67. The number of fused-ring (bicyclic) bond motifs is 1. The van der Waals surface area contributed by atoms with Crippen molar-refractivity contribution < 1.29 is 28.9 Å². The van der Waals surface area contributed by atoms with Crippen LogP contribution in [0.15, 0.2) is 18.2 Å². The summed E-state index contributed by atoms with van der Waals surface area (Å²) in [6.07, 6.45) is 2.38. The highest BCUT2D eigenvalue weighted by Gasteiger charge is 2.32. The summed E-state index contributed by atoms with van der Waals surface area (Å²) < 4.78 is 16.6. The number of aliphatic carboxylic acids is 1. The summed E-state index contributed by atoms with van der Waals surface area (Å²) in [5.74, 6) is 0.168. The third kappa shape index (κ3) is 4.46. The molecule has 1 saturated heterocycles. The monoisotopic (exact) mass is 363 g/mol. The first-order chi connectivity index (χ1) is 12.6. The van der Waals surface area contributed by atoms with Gasteiger partial charge in [-0.25, -0.2) is 0 Å². The van der Waals surface area contributed by atoms with E-state index in [1.54, 1.807) is 12.0 Å². The number of nitrogens with zero attached hydrogens (tertiary/aromatic N) is 1. The second-order valence-corrected chi connectivity index (χ2v) is 6.75. The predicted molar refractivity (Wildman–Crippen MR) is 93.5 cm³/mol. The van der Waals surface area contributed by atoms with E-state index < -0.39 is 5.97 Å². The molecule has 1 amide bonds. The van der Waals surface area contributed by atoms with Crippen LogP contribution in [0.1, 0.15) is 24.8 Å². The Morgan fingerprint density at radius 1 is 1.38 bits per heavy atom. The molecule has 2 heterocycles. The van der Waals surface area contributed by atoms with Gasteiger partial charge in [0.05, 0.1) is 25.6 Å². The number of carboxylic acids is 1. The van der Waals surface area contributed by atoms with Crippen LogP contribution < -0.4 is 9.47 Å². The van der Waals surface area contributed by atoms with Crippen LogP contribution in [-0.4, -0.2) is 61.4 Å². The number of amides is 1. The molecule has 0 saturated carbocycles. The summed E-state index contributed by atoms with van der Waals surface area (Å²) in [7, 11) is 1.60. The molecular weight excluding hydrogens is 338 g/mol. The van der Waals surface area contributed by atoms with Crippen LogP contribution in [0.25, 0.3) is 0 Å². The maximum atomic E-state index is 13.0. The van der Waals surface area contributed by atoms with Crippen molar-refractivity contribution in [3.05, 3.63) is 23.8 Å². The van der Waals surface area contributed by atoms with Crippen LogP contribution in [-0.2, 0) is 20.7 Å². The van der Waals surface area contributed by atoms with Crippen molar-refractivity contribution in [3.63, 3.8) is 0 Å². The Morgan fingerprint density at radius 3 is 2.92 bits per heavy atom. The number of hydrogen-bond donors (Lipinski definition) is 1. The number of hydrogen-bond acceptors (Lipinski definition) is 5. The van der Waals surface area contributed by atoms with Crippen molar-refractivity contribution in [1.29, 1.82) is 0 Å². The third-order valence-corrected chi connectivity index (χ3v) is 4.89. The molecule has 1 aromatic carbocycles. The molecule has 0 unspecified atom stereocenters. The van der Waals surface area contributed by atoms with Gasteiger partial charge in [0.15, 0.2) is 0 Å². The summed E-state index contributed by atoms with van der Waals surface area (Å²) in [4.78, 5) is 25.6. The molecule has 0 spiro atoms. The zero-order valence-electron chi connectivity index (χ0n) is 15.0. The average Bonchev–Trinajstić information content (AvgIpc) is 3.16. The summed E-state index contributed by atoms with van der Waals surface area (Å²) in [5.41, 5.74) is 0.964. The molecule has 3 rings (SSSR count). The van der Waals surface area contributed by atoms with E-state index in [4.69, 9.17) is 19.3 Å². The fourth-order valence-corrected chi connectivity index (χ4v) is 3.45. The molecule has 0 aromatic heterocycles. The fourth-order valence-electron chi connectivity index (χ4n) is 3.45. The maximum Gasteiger partial charge on any atom is 0.305 e. The van der Waals surface area contributed by atoms with E-state index in [0.29, 0.717) is 19.6 Å². The summed E-state index contributed by atoms with van der Waals surface area (Å²) in [6.45, 7) is 1.62. The molecule has 0 bridgehead atoms. The van der Waals surface area contributed by atoms with Crippen LogP contribution in [0, 0.1) is 5.92 Å². The molecule has 26 heavy (non-hydrogen) atoms. The second kappa shape index (κ2) is 8.40. The molecule has 1 aromatic rings. The Hall–Kier alpha value is -2.28. The molecule has 1 N–H and O–H groups in total. The first-order valence-corrected chi connectivity index (χ1v) is 8.98. The number of carboxylic acid groups (broad SMARTS) is 1. The van der Waals surface area contributed by atoms with E-state index in [9.17, 15) is 9.59 Å². The molecule has 2 atom stereocenters. The normalized spacial score (nSPS) is 21.6. The molecule has 142 valence electrons. The molecule has 2 aliphatic rings. The first-order valence-electron chi connectivity index (χ1n) is 8.98. The number of benzene rings is 1. The van der Waals surface area contributed by atoms with E-state index in [1.807, 2.05) is 18.2 Å². The minimum Gasteiger partial charge on any atom is -0.497 e. The number of methoxy groups -OCH3 is 1. The number of carbonyl (C=O) groups excluding carboxylic acids is 1. The summed E-state index contributed by atoms with van der Waals surface area (Å²) in [5, 5.41) is 8.99. The van der Waals surface area contributed by atoms with E-state index in [2.05, 4.69) is 0 Å². The first kappa shape index (κ1) is 18.5. The van der Waals surface area contributed by atoms with E-state index in [1.165, 1.54) is 0 Å². The number of ether oxygens (including phenoxy) is 3. The standard InChI is InChI=1S/C19H25NO6/c1-24-15-5-4-13-9-14(12-26-17(13)10-15)19(23)20(7-6-18(21)22)11-16-3-2-8-25-16/h4-5,10,14,16H,2-3,6-9,11-12H2,1H3,(H,21,22)/t14-,16-/m1/s1. The van der Waals surface area contributed by atoms with E-state index in [-0.39, 0.29) is 37.5 Å². The van der Waals surface area contributed by atoms with Gasteiger partial charge in [-0.1, -0.05) is 6.07 Å². The Labute approximate surface area is 152 Å². The van der Waals surface area contributed by atoms with Crippen molar-refractivity contribution in [2.24, 2.45) is 5.92 Å². The van der Waals surface area contributed by atoms with Gasteiger partial charge in [-0.3, -0.25) is 9.59 Å². The quantitative estimate of drug-likeness (QED) is 0.794. The van der Waals surface area contributed by atoms with Gasteiger partial charge in [-0.05, 0) is 30.9 Å². The lowest BCUT2D eigenvalue weighted by molar-refractivity contribution is -0.141. The zero-order chi connectivity index (χ0) is 18.5. The fraction of sp³-hybridized carbons (Fsp3) is 0.579. The van der Waals surface area contributed by atoms with Crippen LogP contribution in [0.4, 0.5) is 0 Å².